The molecule has 0 spiro atoms. The number of rotatable bonds is 6. The van der Waals surface area contributed by atoms with Gasteiger partial charge in [-0.3, -0.25) is 9.69 Å². The van der Waals surface area contributed by atoms with Crippen LogP contribution in [0, 0.1) is 0 Å². The number of carbonyl (C=O) groups excluding carboxylic acids is 2. The van der Waals surface area contributed by atoms with Gasteiger partial charge < -0.3 is 19.2 Å². The molecular weight excluding hydrogens is 565 g/mol. The summed E-state index contributed by atoms with van der Waals surface area (Å²) >= 11 is 5.90. The highest BCUT2D eigenvalue weighted by atomic mass is 35.5. The van der Waals surface area contributed by atoms with Gasteiger partial charge in [0.25, 0.3) is 5.91 Å². The molecule has 1 aliphatic heterocycles. The van der Waals surface area contributed by atoms with Gasteiger partial charge in [-0.2, -0.15) is 13.2 Å². The highest BCUT2D eigenvalue weighted by molar-refractivity contribution is 6.30. The Balaban J connectivity index is 1.48. The van der Waals surface area contributed by atoms with E-state index < -0.39 is 41.6 Å². The molecule has 2 heterocycles. The monoisotopic (exact) mass is 594 g/mol. The van der Waals surface area contributed by atoms with Gasteiger partial charge in [-0.05, 0) is 89.1 Å². The second kappa shape index (κ2) is 12.0. The molecule has 1 N–H and O–H groups in total. The highest BCUT2D eigenvalue weighted by Crippen LogP contribution is 2.34. The smallest absolute Gasteiger partial charge is 0.416 e. The number of amides is 2. The molecule has 1 fully saturated rings. The molecule has 3 unspecified atom stereocenters. The summed E-state index contributed by atoms with van der Waals surface area (Å²) in [5.41, 5.74) is -1.29. The Morgan fingerprint density at radius 2 is 1.71 bits per heavy atom. The molecule has 3 aromatic rings. The van der Waals surface area contributed by atoms with Crippen LogP contribution in [0.3, 0.4) is 0 Å². The van der Waals surface area contributed by atoms with Crippen LogP contribution < -0.4 is 10.1 Å². The summed E-state index contributed by atoms with van der Waals surface area (Å²) in [7, 11) is 0. The minimum atomic E-state index is -4.47. The Bertz CT molecular complexity index is 1360. The molecule has 0 bridgehead atoms. The molecule has 13 heteroatoms. The average molecular weight is 595 g/mol. The van der Waals surface area contributed by atoms with Crippen molar-refractivity contribution < 1.29 is 36.7 Å². The lowest BCUT2D eigenvalue weighted by Gasteiger charge is -2.39. The van der Waals surface area contributed by atoms with Gasteiger partial charge in [0.05, 0.1) is 5.56 Å². The average Bonchev–Trinajstić information content (AvgIpc) is 3.39. The number of carbonyl (C=O) groups is 2. The summed E-state index contributed by atoms with van der Waals surface area (Å²) in [5.74, 6) is 0.239. The molecule has 9 nitrogen and oxygen atoms in total. The molecule has 1 aromatic heterocycles. The topological polar surface area (TPSA) is 107 Å². The zero-order valence-corrected chi connectivity index (χ0v) is 23.6. The van der Waals surface area contributed by atoms with Gasteiger partial charge in [-0.1, -0.05) is 11.6 Å². The van der Waals surface area contributed by atoms with Gasteiger partial charge in [0.15, 0.2) is 6.10 Å². The van der Waals surface area contributed by atoms with Gasteiger partial charge in [-0.15, -0.1) is 10.2 Å². The molecule has 3 atom stereocenters. The van der Waals surface area contributed by atoms with E-state index in [9.17, 15) is 22.8 Å². The van der Waals surface area contributed by atoms with E-state index in [-0.39, 0.29) is 24.2 Å². The zero-order valence-electron chi connectivity index (χ0n) is 22.9. The highest BCUT2D eigenvalue weighted by Gasteiger charge is 2.39. The number of halogens is 4. The summed E-state index contributed by atoms with van der Waals surface area (Å²) in [6.45, 7) is 6.90. The van der Waals surface area contributed by atoms with Gasteiger partial charge >= 0.3 is 12.3 Å². The van der Waals surface area contributed by atoms with E-state index >= 15 is 0 Å². The maximum absolute atomic E-state index is 13.2. The van der Waals surface area contributed by atoms with Crippen molar-refractivity contribution in [1.82, 2.24) is 20.4 Å². The minimum absolute atomic E-state index is 0.0152. The number of likely N-dealkylation sites (tertiary alicyclic amines) is 1. The van der Waals surface area contributed by atoms with Crippen molar-refractivity contribution in [3.8, 4) is 17.2 Å². The van der Waals surface area contributed by atoms with Crippen molar-refractivity contribution in [2.75, 3.05) is 6.54 Å². The first-order valence-corrected chi connectivity index (χ1v) is 13.3. The molecule has 4 rings (SSSR count). The normalized spacial score (nSPS) is 18.5. The Morgan fingerprint density at radius 1 is 1.05 bits per heavy atom. The fourth-order valence-electron chi connectivity index (χ4n) is 4.24. The van der Waals surface area contributed by atoms with E-state index in [0.717, 1.165) is 12.1 Å². The third kappa shape index (κ3) is 7.90. The van der Waals surface area contributed by atoms with E-state index in [2.05, 4.69) is 15.5 Å². The molecule has 2 amide bonds. The second-order valence-electron chi connectivity index (χ2n) is 10.7. The number of nitrogens with one attached hydrogen (secondary N) is 1. The lowest BCUT2D eigenvalue weighted by atomic mass is 9.98. The summed E-state index contributed by atoms with van der Waals surface area (Å²) in [6.07, 6.45) is -5.10. The van der Waals surface area contributed by atoms with Gasteiger partial charge in [0, 0.05) is 23.2 Å². The number of nitrogens with zero attached hydrogens (tertiary/aromatic N) is 3. The summed E-state index contributed by atoms with van der Waals surface area (Å²) < 4.78 is 55.9. The summed E-state index contributed by atoms with van der Waals surface area (Å²) in [6, 6.07) is 9.88. The maximum Gasteiger partial charge on any atom is 0.416 e. The molecular formula is C28H30ClF3N4O5. The van der Waals surface area contributed by atoms with Crippen LogP contribution in [0.1, 0.15) is 58.0 Å². The first-order valence-electron chi connectivity index (χ1n) is 12.9. The molecule has 2 aromatic carbocycles. The number of piperidine rings is 1. The lowest BCUT2D eigenvalue weighted by Crippen LogP contribution is -2.53. The number of alkyl halides is 3. The Morgan fingerprint density at radius 3 is 2.32 bits per heavy atom. The van der Waals surface area contributed by atoms with Gasteiger partial charge in [-0.25, -0.2) is 4.79 Å². The standard InChI is InChI=1S/C28H30ClF3N4O5/c1-16(39-21-12-9-19(29)10-13-21)23(37)33-20-11-14-22(36(15-20)26(38)41-27(2,3)4)25-35-34-24(40-25)17-5-7-18(8-6-17)28(30,31)32/h5-10,12-13,16,20,22H,11,14-15H2,1-4H3,(H,33,37). The fourth-order valence-corrected chi connectivity index (χ4v) is 4.37. The third-order valence-corrected chi connectivity index (χ3v) is 6.49. The maximum atomic E-state index is 13.2. The molecule has 1 aliphatic rings. The van der Waals surface area contributed by atoms with Gasteiger partial charge in [0.1, 0.15) is 17.4 Å². The van der Waals surface area contributed by atoms with Crippen molar-refractivity contribution in [3.05, 3.63) is 65.0 Å². The SMILES string of the molecule is CC(Oc1ccc(Cl)cc1)C(=O)NC1CCC(c2nnc(-c3ccc(C(F)(F)F)cc3)o2)N(C(=O)OC(C)(C)C)C1. The fraction of sp³-hybridized carbons (Fsp3) is 0.429. The van der Waals surface area contributed by atoms with E-state index in [0.29, 0.717) is 29.2 Å². The zero-order chi connectivity index (χ0) is 29.9. The minimum Gasteiger partial charge on any atom is -0.481 e. The van der Waals surface area contributed by atoms with Crippen molar-refractivity contribution in [1.29, 1.82) is 0 Å². The van der Waals surface area contributed by atoms with Crippen LogP contribution >= 0.6 is 11.6 Å². The van der Waals surface area contributed by atoms with Crippen LogP contribution in [0.2, 0.25) is 5.02 Å². The van der Waals surface area contributed by atoms with E-state index in [1.807, 2.05) is 0 Å². The van der Waals surface area contributed by atoms with E-state index in [1.54, 1.807) is 52.0 Å². The Hall–Kier alpha value is -3.80. The number of benzene rings is 2. The van der Waals surface area contributed by atoms with E-state index in [4.69, 9.17) is 25.5 Å². The van der Waals surface area contributed by atoms with Crippen molar-refractivity contribution in [2.24, 2.45) is 0 Å². The van der Waals surface area contributed by atoms with Crippen LogP contribution in [-0.2, 0) is 15.7 Å². The molecule has 220 valence electrons. The van der Waals surface area contributed by atoms with Crippen LogP contribution in [-0.4, -0.2) is 51.4 Å². The van der Waals surface area contributed by atoms with E-state index in [1.165, 1.54) is 17.0 Å². The number of ether oxygens (including phenoxy) is 2. The number of aromatic nitrogens is 2. The second-order valence-corrected chi connectivity index (χ2v) is 11.1. The van der Waals surface area contributed by atoms with Crippen molar-refractivity contribution >= 4 is 23.6 Å². The summed E-state index contributed by atoms with van der Waals surface area (Å²) in [4.78, 5) is 27.5. The van der Waals surface area contributed by atoms with Crippen LogP contribution in [0.5, 0.6) is 5.75 Å². The lowest BCUT2D eigenvalue weighted by molar-refractivity contribution is -0.137. The predicted octanol–water partition coefficient (Wildman–Crippen LogP) is 6.43. The molecule has 0 aliphatic carbocycles. The summed E-state index contributed by atoms with van der Waals surface area (Å²) in [5, 5.41) is 11.5. The Labute approximate surface area is 240 Å². The van der Waals surface area contributed by atoms with Gasteiger partial charge in [0.2, 0.25) is 11.8 Å². The first kappa shape index (κ1) is 30.2. The quantitative estimate of drug-likeness (QED) is 0.350. The van der Waals surface area contributed by atoms with Crippen molar-refractivity contribution in [2.45, 2.75) is 70.5 Å². The van der Waals surface area contributed by atoms with Crippen LogP contribution in [0.25, 0.3) is 11.5 Å². The molecule has 41 heavy (non-hydrogen) atoms. The molecule has 1 saturated heterocycles. The first-order chi connectivity index (χ1) is 19.2. The van der Waals surface area contributed by atoms with Crippen LogP contribution in [0.4, 0.5) is 18.0 Å². The third-order valence-electron chi connectivity index (χ3n) is 6.24. The van der Waals surface area contributed by atoms with Crippen LogP contribution in [0.15, 0.2) is 52.9 Å². The predicted molar refractivity (Wildman–Crippen MR) is 143 cm³/mol. The number of hydrogen-bond donors (Lipinski definition) is 1. The van der Waals surface area contributed by atoms with Crippen molar-refractivity contribution in [3.63, 3.8) is 0 Å². The molecule has 0 radical (unpaired) electrons. The number of hydrogen-bond acceptors (Lipinski definition) is 7. The largest absolute Gasteiger partial charge is 0.481 e. The Kier molecular flexibility index (Phi) is 8.81. The molecule has 0 saturated carbocycles.